The lowest BCUT2D eigenvalue weighted by Crippen LogP contribution is -2.37. The summed E-state index contributed by atoms with van der Waals surface area (Å²) in [5.74, 6) is -0.911. The van der Waals surface area contributed by atoms with Crippen LogP contribution < -0.4 is 5.32 Å². The van der Waals surface area contributed by atoms with Crippen molar-refractivity contribution in [1.82, 2.24) is 5.32 Å². The molecule has 4 nitrogen and oxygen atoms in total. The first kappa shape index (κ1) is 15.0. The average molecular weight is 269 g/mol. The summed E-state index contributed by atoms with van der Waals surface area (Å²) in [6, 6.07) is 7.00. The Morgan fingerprint density at radius 2 is 2.00 bits per heavy atom. The number of hydrogen-bond acceptors (Lipinski definition) is 4. The largest absolute Gasteiger partial charge is 0.478 e. The van der Waals surface area contributed by atoms with Gasteiger partial charge in [0.25, 0.3) is 0 Å². The van der Waals surface area contributed by atoms with Crippen molar-refractivity contribution in [2.24, 2.45) is 0 Å². The molecule has 2 unspecified atom stereocenters. The first-order valence-corrected chi connectivity index (χ1v) is 7.06. The fraction of sp³-hybridized carbons (Fsp3) is 0.462. The van der Waals surface area contributed by atoms with Crippen LogP contribution in [0.25, 0.3) is 0 Å². The van der Waals surface area contributed by atoms with Crippen molar-refractivity contribution in [3.63, 3.8) is 0 Å². The lowest BCUT2D eigenvalue weighted by atomic mass is 10.1. The second-order valence-electron chi connectivity index (χ2n) is 4.13. The quantitative estimate of drug-likeness (QED) is 0.701. The van der Waals surface area contributed by atoms with E-state index >= 15 is 0 Å². The molecule has 0 radical (unpaired) electrons. The molecular formula is C13H19NO3S. The van der Waals surface area contributed by atoms with E-state index in [9.17, 15) is 4.79 Å². The van der Waals surface area contributed by atoms with Crippen LogP contribution in [0.3, 0.4) is 0 Å². The Bertz CT molecular complexity index is 376. The average Bonchev–Trinajstić information content (AvgIpc) is 2.38. The van der Waals surface area contributed by atoms with Crippen molar-refractivity contribution < 1.29 is 15.0 Å². The minimum atomic E-state index is -0.911. The number of aliphatic hydroxyl groups excluding tert-OH is 1. The van der Waals surface area contributed by atoms with Gasteiger partial charge in [0.15, 0.2) is 0 Å². The smallest absolute Gasteiger partial charge is 0.335 e. The van der Waals surface area contributed by atoms with Gasteiger partial charge in [-0.25, -0.2) is 4.79 Å². The summed E-state index contributed by atoms with van der Waals surface area (Å²) < 4.78 is 0. The van der Waals surface area contributed by atoms with Gasteiger partial charge >= 0.3 is 5.97 Å². The maximum atomic E-state index is 10.7. The molecular weight excluding hydrogens is 250 g/mol. The number of benzene rings is 1. The van der Waals surface area contributed by atoms with Gasteiger partial charge in [0.05, 0.1) is 12.2 Å². The SMILES string of the molecule is CSC(CO)C(C)NCc1ccc(C(=O)O)cc1. The van der Waals surface area contributed by atoms with E-state index in [-0.39, 0.29) is 17.9 Å². The first-order valence-electron chi connectivity index (χ1n) is 5.77. The van der Waals surface area contributed by atoms with Crippen LogP contribution in [0.4, 0.5) is 0 Å². The van der Waals surface area contributed by atoms with Crippen LogP contribution in [0.5, 0.6) is 0 Å². The molecule has 5 heteroatoms. The van der Waals surface area contributed by atoms with E-state index < -0.39 is 5.97 Å². The van der Waals surface area contributed by atoms with E-state index in [4.69, 9.17) is 10.2 Å². The molecule has 0 fully saturated rings. The van der Waals surface area contributed by atoms with Crippen LogP contribution in [0.15, 0.2) is 24.3 Å². The summed E-state index contributed by atoms with van der Waals surface area (Å²) in [5, 5.41) is 21.4. The molecule has 1 aromatic carbocycles. The topological polar surface area (TPSA) is 69.6 Å². The molecule has 0 spiro atoms. The molecule has 0 aliphatic rings. The third-order valence-corrected chi connectivity index (χ3v) is 4.03. The lowest BCUT2D eigenvalue weighted by molar-refractivity contribution is 0.0697. The highest BCUT2D eigenvalue weighted by Crippen LogP contribution is 2.11. The van der Waals surface area contributed by atoms with Gasteiger partial charge in [0, 0.05) is 17.8 Å². The molecule has 0 heterocycles. The van der Waals surface area contributed by atoms with Gasteiger partial charge in [-0.1, -0.05) is 12.1 Å². The Hall–Kier alpha value is -1.04. The summed E-state index contributed by atoms with van der Waals surface area (Å²) in [6.07, 6.45) is 1.97. The predicted octanol–water partition coefficient (Wildman–Crippen LogP) is 1.59. The van der Waals surface area contributed by atoms with E-state index in [1.165, 1.54) is 0 Å². The number of hydrogen-bond donors (Lipinski definition) is 3. The monoisotopic (exact) mass is 269 g/mol. The molecule has 0 bridgehead atoms. The highest BCUT2D eigenvalue weighted by molar-refractivity contribution is 7.99. The van der Waals surface area contributed by atoms with Crippen LogP contribution in [0.1, 0.15) is 22.8 Å². The van der Waals surface area contributed by atoms with E-state index in [2.05, 4.69) is 5.32 Å². The minimum absolute atomic E-state index is 0.146. The normalized spacial score (nSPS) is 14.2. The Morgan fingerprint density at radius 1 is 1.39 bits per heavy atom. The standard InChI is InChI=1S/C13H19NO3S/c1-9(12(8-15)18-2)14-7-10-3-5-11(6-4-10)13(16)17/h3-6,9,12,14-15H,7-8H2,1-2H3,(H,16,17). The van der Waals surface area contributed by atoms with E-state index in [1.807, 2.05) is 13.2 Å². The summed E-state index contributed by atoms with van der Waals surface area (Å²) in [7, 11) is 0. The van der Waals surface area contributed by atoms with Crippen molar-refractivity contribution in [3.8, 4) is 0 Å². The van der Waals surface area contributed by atoms with Crippen LogP contribution in [-0.2, 0) is 6.54 Å². The van der Waals surface area contributed by atoms with Crippen LogP contribution >= 0.6 is 11.8 Å². The highest BCUT2D eigenvalue weighted by atomic mass is 32.2. The Morgan fingerprint density at radius 3 is 2.44 bits per heavy atom. The molecule has 1 rings (SSSR count). The van der Waals surface area contributed by atoms with Gasteiger partial charge in [-0.15, -0.1) is 0 Å². The fourth-order valence-electron chi connectivity index (χ4n) is 1.61. The molecule has 0 saturated carbocycles. The Balaban J connectivity index is 2.50. The third-order valence-electron chi connectivity index (χ3n) is 2.87. The number of aliphatic hydroxyl groups is 1. The number of nitrogens with one attached hydrogen (secondary N) is 1. The van der Waals surface area contributed by atoms with Crippen molar-refractivity contribution in [1.29, 1.82) is 0 Å². The maximum Gasteiger partial charge on any atom is 0.335 e. The number of carboxylic acids is 1. The van der Waals surface area contributed by atoms with Gasteiger partial charge in [-0.05, 0) is 30.9 Å². The zero-order chi connectivity index (χ0) is 13.5. The predicted molar refractivity (Wildman–Crippen MR) is 74.1 cm³/mol. The second kappa shape index (κ2) is 7.41. The minimum Gasteiger partial charge on any atom is -0.478 e. The van der Waals surface area contributed by atoms with Crippen molar-refractivity contribution in [2.75, 3.05) is 12.9 Å². The fourth-order valence-corrected chi connectivity index (χ4v) is 2.27. The number of thioether (sulfide) groups is 1. The summed E-state index contributed by atoms with van der Waals surface area (Å²) in [5.41, 5.74) is 1.33. The van der Waals surface area contributed by atoms with Crippen molar-refractivity contribution in [2.45, 2.75) is 24.8 Å². The Labute approximate surface area is 111 Å². The zero-order valence-electron chi connectivity index (χ0n) is 10.6. The van der Waals surface area contributed by atoms with Crippen molar-refractivity contribution in [3.05, 3.63) is 35.4 Å². The first-order chi connectivity index (χ1) is 8.58. The van der Waals surface area contributed by atoms with Gasteiger partial charge in [-0.2, -0.15) is 11.8 Å². The number of carboxylic acid groups (broad SMARTS) is 1. The number of aromatic carboxylic acids is 1. The zero-order valence-corrected chi connectivity index (χ0v) is 11.4. The molecule has 0 aliphatic carbocycles. The van der Waals surface area contributed by atoms with Gasteiger partial charge in [0.1, 0.15) is 0 Å². The Kier molecular flexibility index (Phi) is 6.18. The molecule has 18 heavy (non-hydrogen) atoms. The second-order valence-corrected chi connectivity index (χ2v) is 5.21. The number of rotatable bonds is 7. The maximum absolute atomic E-state index is 10.7. The van der Waals surface area contributed by atoms with E-state index in [0.29, 0.717) is 12.1 Å². The molecule has 0 saturated heterocycles. The molecule has 3 N–H and O–H groups in total. The van der Waals surface area contributed by atoms with Crippen LogP contribution in [0, 0.1) is 0 Å². The molecule has 0 aromatic heterocycles. The molecule has 1 aromatic rings. The molecule has 0 aliphatic heterocycles. The summed E-state index contributed by atoms with van der Waals surface area (Å²) >= 11 is 1.63. The van der Waals surface area contributed by atoms with Gasteiger partial charge in [0.2, 0.25) is 0 Å². The summed E-state index contributed by atoms with van der Waals surface area (Å²) in [4.78, 5) is 10.7. The lowest BCUT2D eigenvalue weighted by Gasteiger charge is -2.21. The van der Waals surface area contributed by atoms with Gasteiger partial charge < -0.3 is 15.5 Å². The van der Waals surface area contributed by atoms with E-state index in [0.717, 1.165) is 5.56 Å². The van der Waals surface area contributed by atoms with E-state index in [1.54, 1.807) is 36.0 Å². The van der Waals surface area contributed by atoms with Crippen LogP contribution in [-0.4, -0.2) is 40.3 Å². The number of carbonyl (C=O) groups is 1. The molecule has 0 amide bonds. The summed E-state index contributed by atoms with van der Waals surface area (Å²) in [6.45, 7) is 2.84. The third kappa shape index (κ3) is 4.33. The van der Waals surface area contributed by atoms with Crippen molar-refractivity contribution >= 4 is 17.7 Å². The highest BCUT2D eigenvalue weighted by Gasteiger charge is 2.14. The van der Waals surface area contributed by atoms with Gasteiger partial charge in [-0.3, -0.25) is 0 Å². The molecule has 2 atom stereocenters. The molecule has 100 valence electrons. The van der Waals surface area contributed by atoms with Crippen LogP contribution in [0.2, 0.25) is 0 Å².